The highest BCUT2D eigenvalue weighted by Crippen LogP contribution is 2.23. The van der Waals surface area contributed by atoms with Gasteiger partial charge in [-0.3, -0.25) is 0 Å². The van der Waals surface area contributed by atoms with Crippen molar-refractivity contribution in [1.82, 2.24) is 10.3 Å². The molecule has 18 heavy (non-hydrogen) atoms. The Balaban J connectivity index is 2.14. The van der Waals surface area contributed by atoms with Crippen molar-refractivity contribution in [2.45, 2.75) is 52.0 Å². The maximum atomic E-state index is 4.68. The van der Waals surface area contributed by atoms with Crippen LogP contribution in [-0.2, 0) is 12.0 Å². The van der Waals surface area contributed by atoms with Gasteiger partial charge in [0, 0.05) is 17.3 Å². The summed E-state index contributed by atoms with van der Waals surface area (Å²) in [6, 6.07) is 0. The molecule has 1 rings (SSSR count). The summed E-state index contributed by atoms with van der Waals surface area (Å²) in [6.45, 7) is 8.67. The highest BCUT2D eigenvalue weighted by molar-refractivity contribution is 7.98. The predicted molar refractivity (Wildman–Crippen MR) is 84.8 cm³/mol. The number of aromatic nitrogens is 1. The SMILES string of the molecule is CSCCCCCNCc1nc(C(C)(C)C)cs1. The van der Waals surface area contributed by atoms with Crippen molar-refractivity contribution < 1.29 is 0 Å². The highest BCUT2D eigenvalue weighted by atomic mass is 32.2. The lowest BCUT2D eigenvalue weighted by Gasteiger charge is -2.14. The normalized spacial score (nSPS) is 12.0. The van der Waals surface area contributed by atoms with E-state index in [2.05, 4.69) is 42.7 Å². The molecule has 1 N–H and O–H groups in total. The molecule has 0 saturated heterocycles. The molecule has 0 unspecified atom stereocenters. The average molecular weight is 287 g/mol. The van der Waals surface area contributed by atoms with Crippen LogP contribution in [-0.4, -0.2) is 23.5 Å². The first kappa shape index (κ1) is 16.0. The minimum absolute atomic E-state index is 0.173. The topological polar surface area (TPSA) is 24.9 Å². The van der Waals surface area contributed by atoms with Crippen LogP contribution >= 0.6 is 23.1 Å². The van der Waals surface area contributed by atoms with E-state index in [1.165, 1.54) is 35.7 Å². The first-order valence-electron chi connectivity index (χ1n) is 6.68. The Bertz CT molecular complexity index is 329. The molecule has 104 valence electrons. The van der Waals surface area contributed by atoms with Crippen LogP contribution in [0.1, 0.15) is 50.7 Å². The zero-order chi connectivity index (χ0) is 13.4. The molecule has 0 spiro atoms. The summed E-state index contributed by atoms with van der Waals surface area (Å²) < 4.78 is 0. The van der Waals surface area contributed by atoms with Gasteiger partial charge in [-0.05, 0) is 31.4 Å². The van der Waals surface area contributed by atoms with Crippen molar-refractivity contribution in [1.29, 1.82) is 0 Å². The smallest absolute Gasteiger partial charge is 0.107 e. The third kappa shape index (κ3) is 6.21. The largest absolute Gasteiger partial charge is 0.310 e. The zero-order valence-electron chi connectivity index (χ0n) is 12.1. The number of hydrogen-bond acceptors (Lipinski definition) is 4. The number of rotatable bonds is 8. The van der Waals surface area contributed by atoms with E-state index in [4.69, 9.17) is 0 Å². The van der Waals surface area contributed by atoms with Crippen LogP contribution in [0.2, 0.25) is 0 Å². The second-order valence-electron chi connectivity index (χ2n) is 5.61. The van der Waals surface area contributed by atoms with E-state index >= 15 is 0 Å². The minimum Gasteiger partial charge on any atom is -0.310 e. The van der Waals surface area contributed by atoms with E-state index in [1.807, 2.05) is 11.8 Å². The maximum Gasteiger partial charge on any atom is 0.107 e. The van der Waals surface area contributed by atoms with E-state index in [-0.39, 0.29) is 5.41 Å². The van der Waals surface area contributed by atoms with Crippen molar-refractivity contribution in [3.63, 3.8) is 0 Å². The number of unbranched alkanes of at least 4 members (excludes halogenated alkanes) is 2. The number of thioether (sulfide) groups is 1. The summed E-state index contributed by atoms with van der Waals surface area (Å²) in [5.41, 5.74) is 1.39. The molecule has 0 bridgehead atoms. The molecule has 0 aromatic carbocycles. The molecular formula is C14H26N2S2. The van der Waals surface area contributed by atoms with Crippen LogP contribution < -0.4 is 5.32 Å². The molecule has 0 radical (unpaired) electrons. The monoisotopic (exact) mass is 286 g/mol. The molecule has 1 aromatic rings. The standard InChI is InChI=1S/C14H26N2S2/c1-14(2,3)12-11-18-13(16-12)10-15-8-6-5-7-9-17-4/h11,15H,5-10H2,1-4H3. The van der Waals surface area contributed by atoms with Crippen LogP contribution in [0.3, 0.4) is 0 Å². The zero-order valence-corrected chi connectivity index (χ0v) is 13.7. The van der Waals surface area contributed by atoms with E-state index in [9.17, 15) is 0 Å². The summed E-state index contributed by atoms with van der Waals surface area (Å²) in [6.07, 6.45) is 6.12. The molecule has 0 fully saturated rings. The fourth-order valence-corrected chi connectivity index (χ4v) is 3.09. The molecule has 0 atom stereocenters. The first-order chi connectivity index (χ1) is 8.54. The van der Waals surface area contributed by atoms with Crippen LogP contribution in [0, 0.1) is 0 Å². The lowest BCUT2D eigenvalue weighted by molar-refractivity contribution is 0.566. The van der Waals surface area contributed by atoms with Crippen LogP contribution in [0.5, 0.6) is 0 Å². The van der Waals surface area contributed by atoms with Gasteiger partial charge < -0.3 is 5.32 Å². The molecule has 0 amide bonds. The van der Waals surface area contributed by atoms with Crippen molar-refractivity contribution in [3.8, 4) is 0 Å². The molecule has 0 aliphatic rings. The van der Waals surface area contributed by atoms with Gasteiger partial charge in [0.05, 0.1) is 5.69 Å². The van der Waals surface area contributed by atoms with Crippen LogP contribution in [0.15, 0.2) is 5.38 Å². The van der Waals surface area contributed by atoms with Crippen molar-refractivity contribution in [2.24, 2.45) is 0 Å². The Morgan fingerprint density at radius 1 is 1.28 bits per heavy atom. The van der Waals surface area contributed by atoms with E-state index in [0.29, 0.717) is 0 Å². The Hall–Kier alpha value is -0.0600. The quantitative estimate of drug-likeness (QED) is 0.729. The third-order valence-electron chi connectivity index (χ3n) is 2.80. The first-order valence-corrected chi connectivity index (χ1v) is 8.96. The van der Waals surface area contributed by atoms with Crippen molar-refractivity contribution in [2.75, 3.05) is 18.6 Å². The van der Waals surface area contributed by atoms with E-state index in [1.54, 1.807) is 11.3 Å². The van der Waals surface area contributed by atoms with Crippen molar-refractivity contribution >= 4 is 23.1 Å². The van der Waals surface area contributed by atoms with E-state index < -0.39 is 0 Å². The van der Waals surface area contributed by atoms with Gasteiger partial charge in [-0.25, -0.2) is 4.98 Å². The second-order valence-corrected chi connectivity index (χ2v) is 7.53. The van der Waals surface area contributed by atoms with Gasteiger partial charge in [-0.2, -0.15) is 11.8 Å². The summed E-state index contributed by atoms with van der Waals surface area (Å²) >= 11 is 3.71. The number of nitrogens with one attached hydrogen (secondary N) is 1. The Kier molecular flexibility index (Phi) is 7.27. The summed E-state index contributed by atoms with van der Waals surface area (Å²) in [5.74, 6) is 1.29. The Morgan fingerprint density at radius 3 is 2.67 bits per heavy atom. The average Bonchev–Trinajstić information content (AvgIpc) is 2.76. The molecular weight excluding hydrogens is 260 g/mol. The van der Waals surface area contributed by atoms with Gasteiger partial charge >= 0.3 is 0 Å². The van der Waals surface area contributed by atoms with Crippen LogP contribution in [0.25, 0.3) is 0 Å². The van der Waals surface area contributed by atoms with Gasteiger partial charge in [0.25, 0.3) is 0 Å². The molecule has 4 heteroatoms. The predicted octanol–water partition coefficient (Wildman–Crippen LogP) is 4.06. The van der Waals surface area contributed by atoms with E-state index in [0.717, 1.165) is 13.1 Å². The lowest BCUT2D eigenvalue weighted by Crippen LogP contribution is -2.16. The van der Waals surface area contributed by atoms with Gasteiger partial charge in [0.15, 0.2) is 0 Å². The summed E-state index contributed by atoms with van der Waals surface area (Å²) in [4.78, 5) is 4.68. The van der Waals surface area contributed by atoms with Gasteiger partial charge in [0.2, 0.25) is 0 Å². The lowest BCUT2D eigenvalue weighted by atomic mass is 9.93. The summed E-state index contributed by atoms with van der Waals surface area (Å²) in [7, 11) is 0. The Morgan fingerprint density at radius 2 is 2.06 bits per heavy atom. The number of nitrogens with zero attached hydrogens (tertiary/aromatic N) is 1. The minimum atomic E-state index is 0.173. The molecule has 1 heterocycles. The fraction of sp³-hybridized carbons (Fsp3) is 0.786. The van der Waals surface area contributed by atoms with Gasteiger partial charge in [-0.1, -0.05) is 27.2 Å². The Labute approximate surface area is 120 Å². The highest BCUT2D eigenvalue weighted by Gasteiger charge is 2.16. The molecule has 2 nitrogen and oxygen atoms in total. The molecule has 1 aromatic heterocycles. The molecule has 0 aliphatic heterocycles. The van der Waals surface area contributed by atoms with Crippen molar-refractivity contribution in [3.05, 3.63) is 16.1 Å². The fourth-order valence-electron chi connectivity index (χ4n) is 1.61. The summed E-state index contributed by atoms with van der Waals surface area (Å²) in [5, 5.41) is 6.89. The second kappa shape index (κ2) is 8.18. The maximum absolute atomic E-state index is 4.68. The third-order valence-corrected chi connectivity index (χ3v) is 4.34. The van der Waals surface area contributed by atoms with Crippen LogP contribution in [0.4, 0.5) is 0 Å². The number of hydrogen-bond donors (Lipinski definition) is 1. The number of thiazole rings is 1. The van der Waals surface area contributed by atoms with Gasteiger partial charge in [0.1, 0.15) is 5.01 Å². The van der Waals surface area contributed by atoms with Gasteiger partial charge in [-0.15, -0.1) is 11.3 Å². The molecule has 0 aliphatic carbocycles. The molecule has 0 saturated carbocycles.